The van der Waals surface area contributed by atoms with E-state index in [1.807, 2.05) is 0 Å². The highest BCUT2D eigenvalue weighted by atomic mass is 32.2. The van der Waals surface area contributed by atoms with Gasteiger partial charge in [-0.25, -0.2) is 17.5 Å². The summed E-state index contributed by atoms with van der Waals surface area (Å²) in [7, 11) is -3.69. The predicted octanol–water partition coefficient (Wildman–Crippen LogP) is 2.19. The molecule has 0 unspecified atom stereocenters. The first-order chi connectivity index (χ1) is 9.40. The van der Waals surface area contributed by atoms with Crippen LogP contribution >= 0.6 is 0 Å². The first kappa shape index (κ1) is 14.5. The molecule has 106 valence electrons. The third-order valence-corrected chi connectivity index (χ3v) is 4.46. The summed E-state index contributed by atoms with van der Waals surface area (Å²) in [6.07, 6.45) is 0. The lowest BCUT2D eigenvalue weighted by Gasteiger charge is -2.10. The second kappa shape index (κ2) is 5.60. The fourth-order valence-corrected chi connectivity index (χ4v) is 3.10. The molecule has 0 spiro atoms. The maximum absolute atomic E-state index is 13.4. The fraction of sp³-hybridized carbons (Fsp3) is 0.143. The van der Waals surface area contributed by atoms with Crippen molar-refractivity contribution in [2.75, 3.05) is 5.73 Å². The highest BCUT2D eigenvalue weighted by Crippen LogP contribution is 2.18. The molecule has 0 aliphatic carbocycles. The lowest BCUT2D eigenvalue weighted by Crippen LogP contribution is -2.24. The molecule has 0 aromatic heterocycles. The van der Waals surface area contributed by atoms with E-state index in [1.54, 1.807) is 25.1 Å². The van der Waals surface area contributed by atoms with E-state index in [1.165, 1.54) is 24.3 Å². The third kappa shape index (κ3) is 3.15. The van der Waals surface area contributed by atoms with Crippen molar-refractivity contribution in [3.05, 3.63) is 59.4 Å². The van der Waals surface area contributed by atoms with Crippen molar-refractivity contribution in [1.29, 1.82) is 0 Å². The summed E-state index contributed by atoms with van der Waals surface area (Å²) in [6, 6.07) is 10.6. The number of hydrogen-bond donors (Lipinski definition) is 2. The minimum absolute atomic E-state index is 0.0984. The zero-order valence-electron chi connectivity index (χ0n) is 10.9. The zero-order valence-corrected chi connectivity index (χ0v) is 11.7. The number of nitrogen functional groups attached to an aromatic ring is 1. The minimum atomic E-state index is -3.69. The van der Waals surface area contributed by atoms with E-state index >= 15 is 0 Å². The summed E-state index contributed by atoms with van der Waals surface area (Å²) in [5.74, 6) is -0.441. The average molecular weight is 294 g/mol. The van der Waals surface area contributed by atoms with Gasteiger partial charge in [0, 0.05) is 17.8 Å². The molecule has 0 aliphatic heterocycles. The highest BCUT2D eigenvalue weighted by Gasteiger charge is 2.17. The third-order valence-electron chi connectivity index (χ3n) is 2.90. The molecule has 20 heavy (non-hydrogen) atoms. The van der Waals surface area contributed by atoms with E-state index in [-0.39, 0.29) is 11.4 Å². The summed E-state index contributed by atoms with van der Waals surface area (Å²) in [6.45, 7) is 1.56. The molecule has 2 aromatic carbocycles. The Labute approximate surface area is 117 Å². The molecule has 6 heteroatoms. The summed E-state index contributed by atoms with van der Waals surface area (Å²) in [5.41, 5.74) is 6.93. The van der Waals surface area contributed by atoms with Crippen molar-refractivity contribution in [2.45, 2.75) is 18.4 Å². The molecule has 2 rings (SSSR count). The molecule has 0 heterocycles. The van der Waals surface area contributed by atoms with Crippen LogP contribution in [0.2, 0.25) is 0 Å². The van der Waals surface area contributed by atoms with Crippen LogP contribution in [-0.2, 0) is 16.6 Å². The van der Waals surface area contributed by atoms with Crippen LogP contribution in [0.1, 0.15) is 11.1 Å². The first-order valence-electron chi connectivity index (χ1n) is 5.99. The summed E-state index contributed by atoms with van der Waals surface area (Å²) < 4.78 is 40.2. The van der Waals surface area contributed by atoms with E-state index in [4.69, 9.17) is 5.73 Å². The molecular formula is C14H15FN2O2S. The second-order valence-corrected chi connectivity index (χ2v) is 6.18. The Bertz CT molecular complexity index is 730. The number of nitrogens with one attached hydrogen (secondary N) is 1. The number of nitrogens with two attached hydrogens (primary N) is 1. The Hall–Kier alpha value is -1.92. The van der Waals surface area contributed by atoms with Crippen molar-refractivity contribution in [1.82, 2.24) is 4.72 Å². The number of hydrogen-bond acceptors (Lipinski definition) is 3. The van der Waals surface area contributed by atoms with Gasteiger partial charge in [0.25, 0.3) is 0 Å². The lowest BCUT2D eigenvalue weighted by molar-refractivity contribution is 0.574. The molecule has 3 N–H and O–H groups in total. The molecule has 0 fully saturated rings. The van der Waals surface area contributed by atoms with Crippen LogP contribution < -0.4 is 10.5 Å². The van der Waals surface area contributed by atoms with Gasteiger partial charge in [-0.15, -0.1) is 0 Å². The first-order valence-corrected chi connectivity index (χ1v) is 7.47. The molecule has 0 aliphatic rings. The second-order valence-electron chi connectivity index (χ2n) is 4.44. The van der Waals surface area contributed by atoms with Gasteiger partial charge >= 0.3 is 0 Å². The van der Waals surface area contributed by atoms with Gasteiger partial charge in [-0.1, -0.05) is 18.2 Å². The van der Waals surface area contributed by atoms with Crippen LogP contribution in [0.3, 0.4) is 0 Å². The maximum Gasteiger partial charge on any atom is 0.241 e. The van der Waals surface area contributed by atoms with Gasteiger partial charge in [-0.3, -0.25) is 0 Å². The lowest BCUT2D eigenvalue weighted by atomic mass is 10.2. The van der Waals surface area contributed by atoms with Gasteiger partial charge in [0.15, 0.2) is 0 Å². The van der Waals surface area contributed by atoms with Crippen molar-refractivity contribution in [3.63, 3.8) is 0 Å². The van der Waals surface area contributed by atoms with E-state index in [0.29, 0.717) is 16.8 Å². The van der Waals surface area contributed by atoms with E-state index in [2.05, 4.69) is 4.72 Å². The molecule has 0 saturated heterocycles. The van der Waals surface area contributed by atoms with Crippen molar-refractivity contribution < 1.29 is 12.8 Å². The predicted molar refractivity (Wildman–Crippen MR) is 76.0 cm³/mol. The molecule has 0 amide bonds. The minimum Gasteiger partial charge on any atom is -0.399 e. The Kier molecular flexibility index (Phi) is 4.06. The number of halogens is 1. The van der Waals surface area contributed by atoms with Gasteiger partial charge in [-0.2, -0.15) is 0 Å². The summed E-state index contributed by atoms with van der Waals surface area (Å²) >= 11 is 0. The van der Waals surface area contributed by atoms with Crippen molar-refractivity contribution in [3.8, 4) is 0 Å². The fourth-order valence-electron chi connectivity index (χ4n) is 1.87. The standard InChI is InChI=1S/C14H15FN2O2S/c1-10-8-12(16)6-7-14(10)20(18,19)17-9-11-4-2-3-5-13(11)15/h2-8,17H,9,16H2,1H3. The van der Waals surface area contributed by atoms with E-state index in [0.717, 1.165) is 0 Å². The van der Waals surface area contributed by atoms with Gasteiger partial charge in [0.05, 0.1) is 4.90 Å². The van der Waals surface area contributed by atoms with Gasteiger partial charge in [0.1, 0.15) is 5.82 Å². The Morgan fingerprint density at radius 1 is 1.20 bits per heavy atom. The van der Waals surface area contributed by atoms with Gasteiger partial charge in [-0.05, 0) is 36.8 Å². The number of anilines is 1. The quantitative estimate of drug-likeness (QED) is 0.849. The molecule has 0 atom stereocenters. The van der Waals surface area contributed by atoms with Crippen molar-refractivity contribution in [2.24, 2.45) is 0 Å². The SMILES string of the molecule is Cc1cc(N)ccc1S(=O)(=O)NCc1ccccc1F. The topological polar surface area (TPSA) is 72.2 Å². The largest absolute Gasteiger partial charge is 0.399 e. The average Bonchev–Trinajstić information content (AvgIpc) is 2.37. The number of sulfonamides is 1. The monoisotopic (exact) mass is 294 g/mol. The van der Waals surface area contributed by atoms with E-state index in [9.17, 15) is 12.8 Å². The van der Waals surface area contributed by atoms with Gasteiger partial charge < -0.3 is 5.73 Å². The Balaban J connectivity index is 2.22. The molecule has 0 radical (unpaired) electrons. The van der Waals surface area contributed by atoms with Crippen LogP contribution in [-0.4, -0.2) is 8.42 Å². The summed E-state index contributed by atoms with van der Waals surface area (Å²) in [5, 5.41) is 0. The normalized spacial score (nSPS) is 11.5. The van der Waals surface area contributed by atoms with Crippen LogP contribution in [0, 0.1) is 12.7 Å². The zero-order chi connectivity index (χ0) is 14.8. The van der Waals surface area contributed by atoms with Crippen LogP contribution in [0.4, 0.5) is 10.1 Å². The number of benzene rings is 2. The molecule has 4 nitrogen and oxygen atoms in total. The summed E-state index contributed by atoms with van der Waals surface area (Å²) in [4.78, 5) is 0.142. The molecule has 0 saturated carbocycles. The van der Waals surface area contributed by atoms with Gasteiger partial charge in [0.2, 0.25) is 10.0 Å². The molecular weight excluding hydrogens is 279 g/mol. The van der Waals surface area contributed by atoms with Crippen LogP contribution in [0.5, 0.6) is 0 Å². The Morgan fingerprint density at radius 3 is 2.55 bits per heavy atom. The van der Waals surface area contributed by atoms with E-state index < -0.39 is 15.8 Å². The molecule has 0 bridgehead atoms. The smallest absolute Gasteiger partial charge is 0.241 e. The van der Waals surface area contributed by atoms with Crippen molar-refractivity contribution >= 4 is 15.7 Å². The Morgan fingerprint density at radius 2 is 1.90 bits per heavy atom. The van der Waals surface area contributed by atoms with Crippen LogP contribution in [0.15, 0.2) is 47.4 Å². The number of rotatable bonds is 4. The highest BCUT2D eigenvalue weighted by molar-refractivity contribution is 7.89. The number of aryl methyl sites for hydroxylation is 1. The molecule has 2 aromatic rings. The maximum atomic E-state index is 13.4. The van der Waals surface area contributed by atoms with Crippen LogP contribution in [0.25, 0.3) is 0 Å².